The zero-order chi connectivity index (χ0) is 24.2. The van der Waals surface area contributed by atoms with Crippen LogP contribution < -0.4 is 4.74 Å². The van der Waals surface area contributed by atoms with Crippen LogP contribution in [0.2, 0.25) is 0 Å². The van der Waals surface area contributed by atoms with Crippen LogP contribution in [0.4, 0.5) is 4.39 Å². The Kier molecular flexibility index (Phi) is 10.3. The third kappa shape index (κ3) is 7.59. The van der Waals surface area contributed by atoms with Gasteiger partial charge in [-0.15, -0.1) is 0 Å². The Hall–Kier alpha value is -3.41. The Bertz CT molecular complexity index is 1040. The van der Waals surface area contributed by atoms with Gasteiger partial charge < -0.3 is 14.2 Å². The minimum Gasteiger partial charge on any atom is -0.495 e. The maximum absolute atomic E-state index is 13.2. The van der Waals surface area contributed by atoms with Crippen LogP contribution in [0.1, 0.15) is 50.4 Å². The molecule has 5 nitrogen and oxygen atoms in total. The first kappa shape index (κ1) is 25.8. The molecule has 0 fully saturated rings. The van der Waals surface area contributed by atoms with E-state index >= 15 is 0 Å². The Morgan fingerprint density at radius 2 is 1.91 bits per heavy atom. The van der Waals surface area contributed by atoms with Crippen LogP contribution in [0.5, 0.6) is 5.75 Å². The number of unbranched alkanes of at least 4 members (excludes halogenated alkanes) is 1. The molecule has 3 rings (SSSR count). The molecule has 0 atom stereocenters. The number of halogens is 1. The molecule has 0 bridgehead atoms. The third-order valence-electron chi connectivity index (χ3n) is 4.99. The number of benzene rings is 2. The van der Waals surface area contributed by atoms with Crippen LogP contribution in [-0.4, -0.2) is 34.0 Å². The average molecular weight is 452 g/mol. The molecular formula is C27H34FN3O2. The standard InChI is InChI=1S/C25H28FN3O2.C2H6/c1-4-5-14-28(17-21-6-10-22(26)11-7-21)25(30)13-9-20-8-12-23(24(15-20)31-3)29-16-19(2)27-18-29;1-2/h6-13,15-16,18H,4-5,14,17H2,1-3H3;1-2H3/b13-9+;. The van der Waals surface area contributed by atoms with Crippen molar-refractivity contribution in [3.05, 3.63) is 83.7 Å². The lowest BCUT2D eigenvalue weighted by atomic mass is 10.1. The maximum atomic E-state index is 13.2. The van der Waals surface area contributed by atoms with Gasteiger partial charge in [-0.05, 0) is 54.8 Å². The average Bonchev–Trinajstić information content (AvgIpc) is 3.28. The first-order chi connectivity index (χ1) is 16.0. The summed E-state index contributed by atoms with van der Waals surface area (Å²) in [5, 5.41) is 0. The second kappa shape index (κ2) is 13.2. The summed E-state index contributed by atoms with van der Waals surface area (Å²) in [4.78, 5) is 18.9. The van der Waals surface area contributed by atoms with Crippen molar-refractivity contribution in [3.63, 3.8) is 0 Å². The number of methoxy groups -OCH3 is 1. The number of hydrogen-bond acceptors (Lipinski definition) is 3. The predicted octanol–water partition coefficient (Wildman–Crippen LogP) is 6.20. The molecule has 0 aliphatic carbocycles. The number of ether oxygens (including phenoxy) is 1. The van der Waals surface area contributed by atoms with E-state index < -0.39 is 0 Å². The summed E-state index contributed by atoms with van der Waals surface area (Å²) < 4.78 is 20.6. The first-order valence-electron chi connectivity index (χ1n) is 11.4. The molecule has 3 aromatic rings. The molecule has 0 spiro atoms. The predicted molar refractivity (Wildman–Crippen MR) is 132 cm³/mol. The molecule has 0 saturated carbocycles. The summed E-state index contributed by atoms with van der Waals surface area (Å²) in [6, 6.07) is 12.0. The van der Waals surface area contributed by atoms with E-state index in [9.17, 15) is 9.18 Å². The summed E-state index contributed by atoms with van der Waals surface area (Å²) >= 11 is 0. The minimum absolute atomic E-state index is 0.0777. The number of nitrogens with zero attached hydrogens (tertiary/aromatic N) is 3. The fraction of sp³-hybridized carbons (Fsp3) is 0.333. The van der Waals surface area contributed by atoms with E-state index in [-0.39, 0.29) is 11.7 Å². The third-order valence-corrected chi connectivity index (χ3v) is 4.99. The number of aryl methyl sites for hydroxylation is 1. The Labute approximate surface area is 196 Å². The van der Waals surface area contributed by atoms with Crippen LogP contribution >= 0.6 is 0 Å². The van der Waals surface area contributed by atoms with E-state index in [4.69, 9.17) is 4.74 Å². The number of imidazole rings is 1. The van der Waals surface area contributed by atoms with Crippen LogP contribution in [-0.2, 0) is 11.3 Å². The van der Waals surface area contributed by atoms with Gasteiger partial charge in [-0.3, -0.25) is 4.79 Å². The van der Waals surface area contributed by atoms with Gasteiger partial charge in [0.2, 0.25) is 5.91 Å². The van der Waals surface area contributed by atoms with E-state index in [0.717, 1.165) is 35.3 Å². The largest absolute Gasteiger partial charge is 0.495 e. The van der Waals surface area contributed by atoms with Crippen molar-refractivity contribution in [3.8, 4) is 11.4 Å². The van der Waals surface area contributed by atoms with Crippen LogP contribution in [0.15, 0.2) is 61.1 Å². The molecule has 0 aliphatic heterocycles. The first-order valence-corrected chi connectivity index (χ1v) is 11.4. The lowest BCUT2D eigenvalue weighted by Crippen LogP contribution is -2.30. The maximum Gasteiger partial charge on any atom is 0.246 e. The smallest absolute Gasteiger partial charge is 0.246 e. The number of carbonyl (C=O) groups is 1. The van der Waals surface area contributed by atoms with E-state index in [0.29, 0.717) is 18.8 Å². The number of aromatic nitrogens is 2. The highest BCUT2D eigenvalue weighted by Gasteiger charge is 2.12. The molecular weight excluding hydrogens is 417 g/mol. The van der Waals surface area contributed by atoms with Crippen molar-refractivity contribution < 1.29 is 13.9 Å². The summed E-state index contributed by atoms with van der Waals surface area (Å²) in [6.45, 7) is 9.12. The summed E-state index contributed by atoms with van der Waals surface area (Å²) in [5.41, 5.74) is 3.57. The van der Waals surface area contributed by atoms with E-state index in [1.807, 2.05) is 49.7 Å². The molecule has 1 amide bonds. The molecule has 1 heterocycles. The number of carbonyl (C=O) groups excluding carboxylic acids is 1. The lowest BCUT2D eigenvalue weighted by molar-refractivity contribution is -0.126. The van der Waals surface area contributed by atoms with Gasteiger partial charge in [-0.1, -0.05) is 45.4 Å². The van der Waals surface area contributed by atoms with Crippen LogP contribution in [0.3, 0.4) is 0 Å². The molecule has 0 N–H and O–H groups in total. The lowest BCUT2D eigenvalue weighted by Gasteiger charge is -2.21. The second-order valence-electron chi connectivity index (χ2n) is 7.43. The highest BCUT2D eigenvalue weighted by molar-refractivity contribution is 5.91. The number of amides is 1. The van der Waals surface area contributed by atoms with Gasteiger partial charge in [0.25, 0.3) is 0 Å². The van der Waals surface area contributed by atoms with Gasteiger partial charge in [-0.2, -0.15) is 0 Å². The van der Waals surface area contributed by atoms with Crippen molar-refractivity contribution in [1.82, 2.24) is 14.5 Å². The molecule has 0 saturated heterocycles. The van der Waals surface area contributed by atoms with Crippen molar-refractivity contribution in [2.75, 3.05) is 13.7 Å². The molecule has 33 heavy (non-hydrogen) atoms. The highest BCUT2D eigenvalue weighted by Crippen LogP contribution is 2.25. The molecule has 0 aliphatic rings. The van der Waals surface area contributed by atoms with E-state index in [1.165, 1.54) is 12.1 Å². The highest BCUT2D eigenvalue weighted by atomic mass is 19.1. The van der Waals surface area contributed by atoms with Gasteiger partial charge >= 0.3 is 0 Å². The van der Waals surface area contributed by atoms with Gasteiger partial charge in [0.1, 0.15) is 11.6 Å². The molecule has 0 unspecified atom stereocenters. The molecule has 2 aromatic carbocycles. The van der Waals surface area contributed by atoms with E-state index in [1.54, 1.807) is 42.6 Å². The second-order valence-corrected chi connectivity index (χ2v) is 7.43. The van der Waals surface area contributed by atoms with Gasteiger partial charge in [0, 0.05) is 25.4 Å². The summed E-state index contributed by atoms with van der Waals surface area (Å²) in [5.74, 6) is 0.338. The normalized spacial score (nSPS) is 10.6. The minimum atomic E-state index is -0.279. The zero-order valence-electron chi connectivity index (χ0n) is 20.2. The Balaban J connectivity index is 0.00000187. The van der Waals surface area contributed by atoms with Crippen LogP contribution in [0, 0.1) is 12.7 Å². The number of hydrogen-bond donors (Lipinski definition) is 0. The van der Waals surface area contributed by atoms with Crippen molar-refractivity contribution in [1.29, 1.82) is 0 Å². The molecule has 6 heteroatoms. The van der Waals surface area contributed by atoms with Crippen LogP contribution in [0.25, 0.3) is 11.8 Å². The molecule has 0 radical (unpaired) electrons. The fourth-order valence-corrected chi connectivity index (χ4v) is 3.26. The van der Waals surface area contributed by atoms with Crippen molar-refractivity contribution in [2.45, 2.75) is 47.1 Å². The van der Waals surface area contributed by atoms with E-state index in [2.05, 4.69) is 11.9 Å². The Morgan fingerprint density at radius 3 is 2.52 bits per heavy atom. The summed E-state index contributed by atoms with van der Waals surface area (Å²) in [7, 11) is 1.62. The summed E-state index contributed by atoms with van der Waals surface area (Å²) in [6.07, 6.45) is 8.94. The quantitative estimate of drug-likeness (QED) is 0.364. The van der Waals surface area contributed by atoms with Gasteiger partial charge in [0.05, 0.1) is 24.8 Å². The van der Waals surface area contributed by atoms with Gasteiger partial charge in [0.15, 0.2) is 0 Å². The monoisotopic (exact) mass is 451 g/mol. The number of rotatable bonds is 9. The fourth-order valence-electron chi connectivity index (χ4n) is 3.26. The zero-order valence-corrected chi connectivity index (χ0v) is 20.2. The Morgan fingerprint density at radius 1 is 1.18 bits per heavy atom. The molecule has 176 valence electrons. The topological polar surface area (TPSA) is 47.4 Å². The van der Waals surface area contributed by atoms with Crippen molar-refractivity contribution >= 4 is 12.0 Å². The van der Waals surface area contributed by atoms with Gasteiger partial charge in [-0.25, -0.2) is 9.37 Å². The van der Waals surface area contributed by atoms with Crippen molar-refractivity contribution in [2.24, 2.45) is 0 Å². The SMILES string of the molecule is CC.CCCCN(Cc1ccc(F)cc1)C(=O)/C=C/c1ccc(-n2cnc(C)c2)c(OC)c1. The molecule has 1 aromatic heterocycles.